The Bertz CT molecular complexity index is 716. The normalized spacial score (nSPS) is 11.5. The first kappa shape index (κ1) is 19.1. The van der Waals surface area contributed by atoms with Gasteiger partial charge in [0.05, 0.1) is 18.8 Å². The van der Waals surface area contributed by atoms with Crippen molar-refractivity contribution in [2.75, 3.05) is 25.5 Å². The zero-order valence-corrected chi connectivity index (χ0v) is 16.4. The summed E-state index contributed by atoms with van der Waals surface area (Å²) in [6.07, 6.45) is 0. The first-order valence-corrected chi connectivity index (χ1v) is 9.21. The van der Waals surface area contributed by atoms with Gasteiger partial charge in [0.1, 0.15) is 5.75 Å². The first-order chi connectivity index (χ1) is 11.9. The van der Waals surface area contributed by atoms with Crippen LogP contribution in [0.1, 0.15) is 29.3 Å². The largest absolute Gasteiger partial charge is 0.507 e. The summed E-state index contributed by atoms with van der Waals surface area (Å²) in [5.41, 5.74) is 3.83. The Balaban J connectivity index is 2.02. The lowest BCUT2D eigenvalue weighted by molar-refractivity contribution is 0.466. The van der Waals surface area contributed by atoms with Gasteiger partial charge in [0.2, 0.25) is 0 Å². The Labute approximate surface area is 153 Å². The predicted octanol–water partition coefficient (Wildman–Crippen LogP) is 2.79. The average Bonchev–Trinajstić information content (AvgIpc) is 3.04. The second-order valence-electron chi connectivity index (χ2n) is 6.14. The molecule has 1 aromatic heterocycles. The fourth-order valence-corrected chi connectivity index (χ4v) is 3.16. The monoisotopic (exact) mass is 361 g/mol. The highest BCUT2D eigenvalue weighted by molar-refractivity contribution is 7.13. The smallest absolute Gasteiger partial charge is 0.191 e. The molecule has 0 aliphatic rings. The highest BCUT2D eigenvalue weighted by Crippen LogP contribution is 2.23. The van der Waals surface area contributed by atoms with Crippen molar-refractivity contribution in [2.24, 2.45) is 4.99 Å². The number of hydrogen-bond donors (Lipinski definition) is 3. The van der Waals surface area contributed by atoms with Gasteiger partial charge in [-0.3, -0.25) is 0 Å². The second kappa shape index (κ2) is 8.71. The first-order valence-electron chi connectivity index (χ1n) is 8.33. The van der Waals surface area contributed by atoms with Crippen LogP contribution >= 0.6 is 11.3 Å². The van der Waals surface area contributed by atoms with Gasteiger partial charge >= 0.3 is 0 Å². The van der Waals surface area contributed by atoms with E-state index in [1.54, 1.807) is 11.3 Å². The Kier molecular flexibility index (Phi) is 6.64. The van der Waals surface area contributed by atoms with Crippen LogP contribution < -0.4 is 15.5 Å². The van der Waals surface area contributed by atoms with Crippen molar-refractivity contribution >= 4 is 22.4 Å². The number of phenolic OH excluding ortho intramolecular Hbond substituents is 1. The quantitative estimate of drug-likeness (QED) is 0.545. The summed E-state index contributed by atoms with van der Waals surface area (Å²) in [5, 5.41) is 19.5. The van der Waals surface area contributed by atoms with Crippen molar-refractivity contribution < 1.29 is 5.11 Å². The minimum absolute atomic E-state index is 0.359. The molecule has 0 spiro atoms. The van der Waals surface area contributed by atoms with Crippen molar-refractivity contribution in [1.29, 1.82) is 0 Å². The molecule has 0 aliphatic carbocycles. The molecule has 6 nitrogen and oxygen atoms in total. The lowest BCUT2D eigenvalue weighted by Crippen LogP contribution is -2.36. The van der Waals surface area contributed by atoms with E-state index in [2.05, 4.69) is 26.0 Å². The molecule has 2 aromatic rings. The van der Waals surface area contributed by atoms with Crippen LogP contribution in [0.2, 0.25) is 0 Å². The van der Waals surface area contributed by atoms with Gasteiger partial charge in [-0.2, -0.15) is 0 Å². The van der Waals surface area contributed by atoms with Gasteiger partial charge in [-0.25, -0.2) is 9.98 Å². The summed E-state index contributed by atoms with van der Waals surface area (Å²) in [6, 6.07) is 3.94. The standard InChI is InChI=1S/C18H27N5OS/c1-6-19-17(21-10-15-11-25-18(22-15)23(4)5)20-9-14-7-12(2)16(24)13(3)8-14/h7-8,11,24H,6,9-10H2,1-5H3,(H2,19,20,21). The van der Waals surface area contributed by atoms with Crippen LogP contribution in [0, 0.1) is 13.8 Å². The molecule has 0 aliphatic heterocycles. The van der Waals surface area contributed by atoms with Gasteiger partial charge in [-0.15, -0.1) is 11.3 Å². The van der Waals surface area contributed by atoms with Gasteiger partial charge in [-0.05, 0) is 37.5 Å². The summed E-state index contributed by atoms with van der Waals surface area (Å²) in [4.78, 5) is 11.2. The summed E-state index contributed by atoms with van der Waals surface area (Å²) < 4.78 is 0. The number of nitrogens with zero attached hydrogens (tertiary/aromatic N) is 3. The SMILES string of the molecule is CCNC(=NCc1cc(C)c(O)c(C)c1)NCc1csc(N(C)C)n1. The van der Waals surface area contributed by atoms with E-state index in [0.717, 1.165) is 40.0 Å². The van der Waals surface area contributed by atoms with Crippen LogP contribution in [0.4, 0.5) is 5.13 Å². The third-order valence-corrected chi connectivity index (χ3v) is 4.73. The van der Waals surface area contributed by atoms with Crippen LogP contribution in [-0.2, 0) is 13.1 Å². The molecule has 1 aromatic carbocycles. The molecule has 0 radical (unpaired) electrons. The molecule has 25 heavy (non-hydrogen) atoms. The number of aromatic nitrogens is 1. The van der Waals surface area contributed by atoms with E-state index in [0.29, 0.717) is 18.8 Å². The van der Waals surface area contributed by atoms with Crippen molar-refractivity contribution in [3.63, 3.8) is 0 Å². The summed E-state index contributed by atoms with van der Waals surface area (Å²) >= 11 is 1.63. The maximum absolute atomic E-state index is 9.87. The van der Waals surface area contributed by atoms with Gasteiger partial charge in [0, 0.05) is 26.0 Å². The lowest BCUT2D eigenvalue weighted by atomic mass is 10.1. The van der Waals surface area contributed by atoms with E-state index in [1.165, 1.54) is 0 Å². The van der Waals surface area contributed by atoms with Crippen LogP contribution in [0.15, 0.2) is 22.5 Å². The zero-order chi connectivity index (χ0) is 18.4. The molecule has 136 valence electrons. The van der Waals surface area contributed by atoms with Gasteiger partial charge in [-0.1, -0.05) is 12.1 Å². The fourth-order valence-electron chi connectivity index (χ4n) is 2.41. The Hall–Kier alpha value is -2.28. The zero-order valence-electron chi connectivity index (χ0n) is 15.6. The van der Waals surface area contributed by atoms with Gasteiger partial charge < -0.3 is 20.6 Å². The van der Waals surface area contributed by atoms with E-state index in [-0.39, 0.29) is 0 Å². The third kappa shape index (κ3) is 5.35. The molecule has 0 saturated heterocycles. The van der Waals surface area contributed by atoms with Crippen molar-refractivity contribution in [3.8, 4) is 5.75 Å². The maximum Gasteiger partial charge on any atom is 0.191 e. The minimum Gasteiger partial charge on any atom is -0.507 e. The third-order valence-electron chi connectivity index (χ3n) is 3.67. The Morgan fingerprint density at radius 2 is 1.92 bits per heavy atom. The van der Waals surface area contributed by atoms with E-state index >= 15 is 0 Å². The summed E-state index contributed by atoms with van der Waals surface area (Å²) in [5.74, 6) is 1.11. The molecule has 3 N–H and O–H groups in total. The average molecular weight is 362 g/mol. The fraction of sp³-hybridized carbons (Fsp3) is 0.444. The molecular weight excluding hydrogens is 334 g/mol. The highest BCUT2D eigenvalue weighted by atomic mass is 32.1. The molecule has 0 bridgehead atoms. The second-order valence-corrected chi connectivity index (χ2v) is 6.98. The van der Waals surface area contributed by atoms with Gasteiger partial charge in [0.25, 0.3) is 0 Å². The molecule has 0 atom stereocenters. The van der Waals surface area contributed by atoms with E-state index in [1.807, 2.05) is 51.9 Å². The molecule has 0 unspecified atom stereocenters. The van der Waals surface area contributed by atoms with E-state index in [9.17, 15) is 5.11 Å². The number of benzene rings is 1. The minimum atomic E-state index is 0.359. The topological polar surface area (TPSA) is 72.8 Å². The lowest BCUT2D eigenvalue weighted by Gasteiger charge is -2.11. The molecular formula is C18H27N5OS. The molecule has 0 saturated carbocycles. The number of thiazole rings is 1. The van der Waals surface area contributed by atoms with Crippen molar-refractivity contribution in [1.82, 2.24) is 15.6 Å². The number of rotatable bonds is 6. The van der Waals surface area contributed by atoms with Crippen LogP contribution in [0.25, 0.3) is 0 Å². The van der Waals surface area contributed by atoms with Crippen molar-refractivity contribution in [2.45, 2.75) is 33.9 Å². The molecule has 0 fully saturated rings. The summed E-state index contributed by atoms with van der Waals surface area (Å²) in [6.45, 7) is 7.83. The van der Waals surface area contributed by atoms with Crippen LogP contribution in [-0.4, -0.2) is 36.7 Å². The van der Waals surface area contributed by atoms with E-state index < -0.39 is 0 Å². The number of anilines is 1. The Morgan fingerprint density at radius 1 is 1.24 bits per heavy atom. The van der Waals surface area contributed by atoms with Gasteiger partial charge in [0.15, 0.2) is 11.1 Å². The molecule has 1 heterocycles. The molecule has 2 rings (SSSR count). The molecule has 7 heteroatoms. The Morgan fingerprint density at radius 3 is 2.48 bits per heavy atom. The molecule has 0 amide bonds. The number of guanidine groups is 1. The number of aromatic hydroxyl groups is 1. The van der Waals surface area contributed by atoms with Crippen LogP contribution in [0.5, 0.6) is 5.75 Å². The number of aliphatic imine (C=N–C) groups is 1. The number of nitrogens with one attached hydrogen (secondary N) is 2. The number of aryl methyl sites for hydroxylation is 2. The summed E-state index contributed by atoms with van der Waals surface area (Å²) in [7, 11) is 3.98. The highest BCUT2D eigenvalue weighted by Gasteiger charge is 2.06. The van der Waals surface area contributed by atoms with E-state index in [4.69, 9.17) is 0 Å². The predicted molar refractivity (Wildman–Crippen MR) is 106 cm³/mol. The van der Waals surface area contributed by atoms with Crippen molar-refractivity contribution in [3.05, 3.63) is 39.9 Å². The number of hydrogen-bond acceptors (Lipinski definition) is 5. The van der Waals surface area contributed by atoms with Crippen LogP contribution in [0.3, 0.4) is 0 Å². The maximum atomic E-state index is 9.87. The number of phenols is 1.